The molecule has 1 amide bonds. The van der Waals surface area contributed by atoms with Gasteiger partial charge in [-0.15, -0.1) is 0 Å². The van der Waals surface area contributed by atoms with E-state index < -0.39 is 41.9 Å². The van der Waals surface area contributed by atoms with E-state index in [1.54, 1.807) is 6.07 Å². The Morgan fingerprint density at radius 3 is 2.54 bits per heavy atom. The summed E-state index contributed by atoms with van der Waals surface area (Å²) in [6.45, 7) is 0. The Kier molecular flexibility index (Phi) is 5.49. The molecule has 5 nitrogen and oxygen atoms in total. The van der Waals surface area contributed by atoms with Crippen LogP contribution in [0.5, 0.6) is 5.75 Å². The van der Waals surface area contributed by atoms with Crippen molar-refractivity contribution in [3.8, 4) is 5.75 Å². The summed E-state index contributed by atoms with van der Waals surface area (Å²) >= 11 is 0. The predicted molar refractivity (Wildman–Crippen MR) is 89.7 cm³/mol. The van der Waals surface area contributed by atoms with Crippen molar-refractivity contribution in [3.63, 3.8) is 0 Å². The van der Waals surface area contributed by atoms with Crippen molar-refractivity contribution in [3.05, 3.63) is 65.7 Å². The van der Waals surface area contributed by atoms with Crippen LogP contribution in [-0.4, -0.2) is 40.5 Å². The molecule has 0 aliphatic heterocycles. The lowest BCUT2D eigenvalue weighted by molar-refractivity contribution is -0.0874. The van der Waals surface area contributed by atoms with Crippen molar-refractivity contribution in [1.82, 2.24) is 5.32 Å². The molecule has 3 N–H and O–H groups in total. The van der Waals surface area contributed by atoms with Gasteiger partial charge < -0.3 is 20.3 Å². The highest BCUT2D eigenvalue weighted by molar-refractivity contribution is 5.94. The Morgan fingerprint density at radius 2 is 1.81 bits per heavy atom. The third-order valence-electron chi connectivity index (χ3n) is 4.42. The van der Waals surface area contributed by atoms with Gasteiger partial charge >= 0.3 is 0 Å². The largest absolute Gasteiger partial charge is 0.488 e. The van der Waals surface area contributed by atoms with Gasteiger partial charge in [0, 0.05) is 6.07 Å². The van der Waals surface area contributed by atoms with E-state index in [4.69, 9.17) is 4.74 Å². The number of carbonyl (C=O) groups excluding carboxylic acids is 1. The van der Waals surface area contributed by atoms with Gasteiger partial charge in [-0.25, -0.2) is 8.78 Å². The summed E-state index contributed by atoms with van der Waals surface area (Å²) < 4.78 is 32.5. The van der Waals surface area contributed by atoms with Gasteiger partial charge in [0.2, 0.25) is 0 Å². The number of rotatable bonds is 4. The lowest BCUT2D eigenvalue weighted by Gasteiger charge is -2.37. The summed E-state index contributed by atoms with van der Waals surface area (Å²) in [6.07, 6.45) is -2.67. The molecule has 0 unspecified atom stereocenters. The van der Waals surface area contributed by atoms with E-state index in [2.05, 4.69) is 5.32 Å². The third kappa shape index (κ3) is 4.00. The quantitative estimate of drug-likeness (QED) is 0.777. The lowest BCUT2D eigenvalue weighted by Crippen LogP contribution is -2.57. The molecular weight excluding hydrogens is 344 g/mol. The minimum Gasteiger partial charge on any atom is -0.488 e. The van der Waals surface area contributed by atoms with Crippen LogP contribution in [0.15, 0.2) is 48.5 Å². The summed E-state index contributed by atoms with van der Waals surface area (Å²) in [4.78, 5) is 12.2. The molecule has 1 fully saturated rings. The molecule has 2 aromatic carbocycles. The van der Waals surface area contributed by atoms with Gasteiger partial charge in [-0.05, 0) is 37.1 Å². The van der Waals surface area contributed by atoms with E-state index in [-0.39, 0.29) is 11.3 Å². The van der Waals surface area contributed by atoms with Gasteiger partial charge in [0.05, 0.1) is 11.6 Å². The number of amides is 1. The Labute approximate surface area is 149 Å². The molecule has 138 valence electrons. The first-order chi connectivity index (χ1) is 12.5. The second-order valence-corrected chi connectivity index (χ2v) is 6.23. The Morgan fingerprint density at radius 1 is 1.04 bits per heavy atom. The van der Waals surface area contributed by atoms with Crippen LogP contribution in [0.1, 0.15) is 23.2 Å². The van der Waals surface area contributed by atoms with Crippen LogP contribution in [0.4, 0.5) is 8.78 Å². The maximum absolute atomic E-state index is 13.7. The van der Waals surface area contributed by atoms with Crippen molar-refractivity contribution in [2.24, 2.45) is 0 Å². The number of hydrogen-bond donors (Lipinski definition) is 3. The maximum atomic E-state index is 13.7. The fraction of sp³-hybridized carbons (Fsp3) is 0.316. The normalized spacial score (nSPS) is 25.5. The summed E-state index contributed by atoms with van der Waals surface area (Å²) in [5.74, 6) is -1.55. The lowest BCUT2D eigenvalue weighted by atomic mass is 9.87. The fourth-order valence-corrected chi connectivity index (χ4v) is 3.04. The smallest absolute Gasteiger partial charge is 0.254 e. The molecule has 0 saturated heterocycles. The number of carbonyl (C=O) groups is 1. The van der Waals surface area contributed by atoms with E-state index in [9.17, 15) is 23.8 Å². The van der Waals surface area contributed by atoms with Crippen LogP contribution >= 0.6 is 0 Å². The van der Waals surface area contributed by atoms with E-state index in [0.29, 0.717) is 12.8 Å². The standard InChI is InChI=1S/C19H19F2NO4/c20-11-4-3-5-12(10-11)26-16-9-8-15(17(23)18(16)24)22-19(25)13-6-1-2-7-14(13)21/h1-7,10,15-18,23-24H,8-9H2,(H,22,25)/t15-,16-,17-,18-/m1/s1. The van der Waals surface area contributed by atoms with Crippen LogP contribution in [-0.2, 0) is 0 Å². The zero-order chi connectivity index (χ0) is 18.7. The Bertz CT molecular complexity index is 786. The van der Waals surface area contributed by atoms with Crippen LogP contribution in [0, 0.1) is 11.6 Å². The summed E-state index contributed by atoms with van der Waals surface area (Å²) in [5.41, 5.74) is -0.132. The predicted octanol–water partition coefficient (Wildman–Crippen LogP) is 2.03. The van der Waals surface area contributed by atoms with Crippen LogP contribution in [0.3, 0.4) is 0 Å². The average molecular weight is 363 g/mol. The maximum Gasteiger partial charge on any atom is 0.254 e. The first kappa shape index (κ1) is 18.3. The number of ether oxygens (including phenoxy) is 1. The molecule has 1 aliphatic rings. The van der Waals surface area contributed by atoms with Crippen molar-refractivity contribution in [2.45, 2.75) is 37.2 Å². The number of benzene rings is 2. The highest BCUT2D eigenvalue weighted by Crippen LogP contribution is 2.25. The minimum atomic E-state index is -1.29. The monoisotopic (exact) mass is 363 g/mol. The van der Waals surface area contributed by atoms with Gasteiger partial charge in [-0.2, -0.15) is 0 Å². The fourth-order valence-electron chi connectivity index (χ4n) is 3.04. The minimum absolute atomic E-state index is 0.132. The molecule has 0 spiro atoms. The second-order valence-electron chi connectivity index (χ2n) is 6.23. The van der Waals surface area contributed by atoms with Crippen molar-refractivity contribution < 1.29 is 28.5 Å². The number of aliphatic hydroxyl groups is 2. The SMILES string of the molecule is O=C(N[C@@H]1CC[C@@H](Oc2cccc(F)c2)[C@@H](O)[C@@H]1O)c1ccccc1F. The number of hydrogen-bond acceptors (Lipinski definition) is 4. The molecule has 3 rings (SSSR count). The van der Waals surface area contributed by atoms with Crippen LogP contribution in [0.2, 0.25) is 0 Å². The van der Waals surface area contributed by atoms with E-state index in [1.807, 2.05) is 0 Å². The van der Waals surface area contributed by atoms with Crippen molar-refractivity contribution in [2.75, 3.05) is 0 Å². The van der Waals surface area contributed by atoms with Crippen LogP contribution < -0.4 is 10.1 Å². The summed E-state index contributed by atoms with van der Waals surface area (Å²) in [7, 11) is 0. The molecule has 26 heavy (non-hydrogen) atoms. The second kappa shape index (κ2) is 7.80. The van der Waals surface area contributed by atoms with E-state index in [1.165, 1.54) is 42.5 Å². The molecule has 1 aliphatic carbocycles. The number of aliphatic hydroxyl groups excluding tert-OH is 2. The first-order valence-electron chi connectivity index (χ1n) is 8.29. The zero-order valence-corrected chi connectivity index (χ0v) is 13.8. The highest BCUT2D eigenvalue weighted by atomic mass is 19.1. The number of nitrogens with one attached hydrogen (secondary N) is 1. The molecule has 0 heterocycles. The number of halogens is 2. The van der Waals surface area contributed by atoms with Gasteiger partial charge in [-0.3, -0.25) is 4.79 Å². The van der Waals surface area contributed by atoms with Crippen molar-refractivity contribution >= 4 is 5.91 Å². The van der Waals surface area contributed by atoms with Crippen LogP contribution in [0.25, 0.3) is 0 Å². The Balaban J connectivity index is 1.63. The van der Waals surface area contributed by atoms with Gasteiger partial charge in [-0.1, -0.05) is 18.2 Å². The molecule has 0 radical (unpaired) electrons. The molecule has 7 heteroatoms. The molecule has 2 aromatic rings. The third-order valence-corrected chi connectivity index (χ3v) is 4.42. The Hall–Kier alpha value is -2.51. The van der Waals surface area contributed by atoms with E-state index in [0.717, 1.165) is 0 Å². The molecule has 1 saturated carbocycles. The summed E-state index contributed by atoms with van der Waals surface area (Å²) in [5, 5.41) is 23.1. The topological polar surface area (TPSA) is 78.8 Å². The highest BCUT2D eigenvalue weighted by Gasteiger charge is 2.39. The summed E-state index contributed by atoms with van der Waals surface area (Å²) in [6, 6.07) is 10.3. The molecule has 0 aromatic heterocycles. The average Bonchev–Trinajstić information content (AvgIpc) is 2.62. The molecular formula is C19H19F2NO4. The zero-order valence-electron chi connectivity index (χ0n) is 13.8. The van der Waals surface area contributed by atoms with Gasteiger partial charge in [0.25, 0.3) is 5.91 Å². The van der Waals surface area contributed by atoms with Gasteiger partial charge in [0.15, 0.2) is 0 Å². The van der Waals surface area contributed by atoms with E-state index >= 15 is 0 Å². The first-order valence-corrected chi connectivity index (χ1v) is 8.29. The molecule has 4 atom stereocenters. The van der Waals surface area contributed by atoms with Gasteiger partial charge in [0.1, 0.15) is 35.7 Å². The van der Waals surface area contributed by atoms with Crippen molar-refractivity contribution in [1.29, 1.82) is 0 Å². The molecule has 0 bridgehead atoms.